The molecule has 31 heavy (non-hydrogen) atoms. The van der Waals surface area contributed by atoms with Gasteiger partial charge in [0.05, 0.1) is 6.42 Å². The van der Waals surface area contributed by atoms with Gasteiger partial charge in [0.2, 0.25) is 11.8 Å². The second-order valence-electron chi connectivity index (χ2n) is 8.37. The number of hydrogen-bond acceptors (Lipinski definition) is 4. The van der Waals surface area contributed by atoms with Crippen molar-refractivity contribution in [3.63, 3.8) is 0 Å². The highest BCUT2D eigenvalue weighted by atomic mass is 35.5. The first-order valence-corrected chi connectivity index (χ1v) is 11.7. The summed E-state index contributed by atoms with van der Waals surface area (Å²) in [5, 5.41) is 0. The minimum Gasteiger partial charge on any atom is -0.343 e. The van der Waals surface area contributed by atoms with Crippen molar-refractivity contribution in [2.45, 2.75) is 51.4 Å². The summed E-state index contributed by atoms with van der Waals surface area (Å²) in [6, 6.07) is 10.3. The van der Waals surface area contributed by atoms with Crippen molar-refractivity contribution in [3.8, 4) is 0 Å². The Kier molecular flexibility index (Phi) is 6.86. The van der Waals surface area contributed by atoms with E-state index >= 15 is 0 Å². The van der Waals surface area contributed by atoms with Crippen LogP contribution in [0.3, 0.4) is 0 Å². The Bertz CT molecular complexity index is 942. The molecule has 0 unspecified atom stereocenters. The molecule has 2 aromatic rings. The van der Waals surface area contributed by atoms with E-state index in [4.69, 9.17) is 21.6 Å². The van der Waals surface area contributed by atoms with Gasteiger partial charge in [-0.3, -0.25) is 14.5 Å². The third kappa shape index (κ3) is 4.90. The molecule has 0 atom stereocenters. The lowest BCUT2D eigenvalue weighted by Crippen LogP contribution is -2.38. The van der Waals surface area contributed by atoms with Crippen molar-refractivity contribution in [1.29, 1.82) is 0 Å². The van der Waals surface area contributed by atoms with Crippen molar-refractivity contribution in [1.82, 2.24) is 14.9 Å². The van der Waals surface area contributed by atoms with Crippen LogP contribution >= 0.6 is 11.6 Å². The van der Waals surface area contributed by atoms with E-state index in [0.29, 0.717) is 38.4 Å². The molecule has 0 bridgehead atoms. The van der Waals surface area contributed by atoms with Crippen LogP contribution in [0.15, 0.2) is 30.3 Å². The average molecular weight is 441 g/mol. The van der Waals surface area contributed by atoms with Crippen molar-refractivity contribution in [3.05, 3.63) is 53.0 Å². The summed E-state index contributed by atoms with van der Waals surface area (Å²) in [6.07, 6.45) is 4.29. The lowest BCUT2D eigenvalue weighted by Gasteiger charge is -2.31. The zero-order chi connectivity index (χ0) is 21.8. The molecule has 1 aromatic heterocycles. The topological polar surface area (TPSA) is 66.4 Å². The van der Waals surface area contributed by atoms with Crippen LogP contribution in [0.1, 0.15) is 54.2 Å². The van der Waals surface area contributed by atoms with E-state index < -0.39 is 0 Å². The van der Waals surface area contributed by atoms with Gasteiger partial charge in [-0.1, -0.05) is 30.3 Å². The SMILES string of the molecule is Cc1nc(C2CCN(C(=O)CCCl)CC2)nc2c1CC(=O)N2CCCc1ccccc1. The number of carbonyl (C=O) groups excluding carboxylic acids is 2. The fourth-order valence-electron chi connectivity index (χ4n) is 4.52. The van der Waals surface area contributed by atoms with Gasteiger partial charge < -0.3 is 4.90 Å². The first-order valence-electron chi connectivity index (χ1n) is 11.1. The van der Waals surface area contributed by atoms with E-state index in [2.05, 4.69) is 12.1 Å². The lowest BCUT2D eigenvalue weighted by molar-refractivity contribution is -0.131. The number of likely N-dealkylation sites (tertiary alicyclic amines) is 1. The molecule has 6 nitrogen and oxygen atoms in total. The van der Waals surface area contributed by atoms with E-state index in [1.807, 2.05) is 34.9 Å². The van der Waals surface area contributed by atoms with Gasteiger partial charge in [0.15, 0.2) is 0 Å². The van der Waals surface area contributed by atoms with Crippen molar-refractivity contribution in [2.24, 2.45) is 0 Å². The number of aryl methyl sites for hydroxylation is 2. The van der Waals surface area contributed by atoms with Crippen LogP contribution in [0.4, 0.5) is 5.82 Å². The number of benzene rings is 1. The van der Waals surface area contributed by atoms with Crippen LogP contribution in [-0.4, -0.2) is 52.2 Å². The molecule has 2 aliphatic rings. The highest BCUT2D eigenvalue weighted by molar-refractivity contribution is 6.18. The molecule has 0 spiro atoms. The van der Waals surface area contributed by atoms with E-state index in [9.17, 15) is 9.59 Å². The van der Waals surface area contributed by atoms with Crippen molar-refractivity contribution >= 4 is 29.2 Å². The van der Waals surface area contributed by atoms with Crippen molar-refractivity contribution in [2.75, 3.05) is 30.4 Å². The van der Waals surface area contributed by atoms with Crippen LogP contribution in [0, 0.1) is 6.92 Å². The standard InChI is InChI=1S/C24H29ClN4O2/c1-17-20-16-22(31)29(13-5-8-18-6-3-2-4-7-18)24(20)27-23(26-17)19-10-14-28(15-11-19)21(30)9-12-25/h2-4,6-7,19H,5,8-16H2,1H3. The molecule has 7 heteroatoms. The van der Waals surface area contributed by atoms with Gasteiger partial charge in [0.25, 0.3) is 0 Å². The fraction of sp³-hybridized carbons (Fsp3) is 0.500. The largest absolute Gasteiger partial charge is 0.343 e. The Labute approximate surface area is 188 Å². The number of amides is 2. The Balaban J connectivity index is 1.44. The third-order valence-electron chi connectivity index (χ3n) is 6.31. The van der Waals surface area contributed by atoms with Crippen molar-refractivity contribution < 1.29 is 9.59 Å². The zero-order valence-corrected chi connectivity index (χ0v) is 18.8. The van der Waals surface area contributed by atoms with Gasteiger partial charge in [-0.25, -0.2) is 9.97 Å². The zero-order valence-electron chi connectivity index (χ0n) is 18.0. The van der Waals surface area contributed by atoms with Gasteiger partial charge in [-0.05, 0) is 38.2 Å². The highest BCUT2D eigenvalue weighted by Gasteiger charge is 2.33. The minimum absolute atomic E-state index is 0.110. The smallest absolute Gasteiger partial charge is 0.232 e. The lowest BCUT2D eigenvalue weighted by atomic mass is 9.95. The number of halogens is 1. The molecule has 0 saturated carbocycles. The number of rotatable bonds is 7. The first-order chi connectivity index (χ1) is 15.1. The van der Waals surface area contributed by atoms with Crippen LogP contribution < -0.4 is 4.90 Å². The number of carbonyl (C=O) groups is 2. The van der Waals surface area contributed by atoms with Gasteiger partial charge in [-0.15, -0.1) is 11.6 Å². The van der Waals surface area contributed by atoms with Gasteiger partial charge in [0.1, 0.15) is 11.6 Å². The van der Waals surface area contributed by atoms with E-state index in [-0.39, 0.29) is 17.7 Å². The summed E-state index contributed by atoms with van der Waals surface area (Å²) in [7, 11) is 0. The number of hydrogen-bond donors (Lipinski definition) is 0. The van der Waals surface area contributed by atoms with E-state index in [1.54, 1.807) is 0 Å². The monoisotopic (exact) mass is 440 g/mol. The third-order valence-corrected chi connectivity index (χ3v) is 6.49. The summed E-state index contributed by atoms with van der Waals surface area (Å²) in [4.78, 5) is 38.2. The molecule has 1 saturated heterocycles. The van der Waals surface area contributed by atoms with Gasteiger partial charge in [-0.2, -0.15) is 0 Å². The fourth-order valence-corrected chi connectivity index (χ4v) is 4.68. The minimum atomic E-state index is 0.110. The van der Waals surface area contributed by atoms with E-state index in [0.717, 1.165) is 48.6 Å². The molecule has 164 valence electrons. The number of piperidine rings is 1. The molecule has 0 aliphatic carbocycles. The first kappa shape index (κ1) is 21.8. The predicted molar refractivity (Wildman–Crippen MR) is 121 cm³/mol. The Hall–Kier alpha value is -2.47. The summed E-state index contributed by atoms with van der Waals surface area (Å²) in [5.41, 5.74) is 3.15. The van der Waals surface area contributed by atoms with Gasteiger partial charge >= 0.3 is 0 Å². The number of fused-ring (bicyclic) bond motifs is 1. The maximum absolute atomic E-state index is 12.7. The molecular formula is C24H29ClN4O2. The van der Waals surface area contributed by atoms with Crippen LogP contribution in [0.25, 0.3) is 0 Å². The normalized spacial score (nSPS) is 16.6. The molecule has 4 rings (SSSR count). The predicted octanol–water partition coefficient (Wildman–Crippen LogP) is 3.64. The van der Waals surface area contributed by atoms with E-state index in [1.165, 1.54) is 5.56 Å². The maximum Gasteiger partial charge on any atom is 0.232 e. The average Bonchev–Trinajstić information content (AvgIpc) is 3.11. The Morgan fingerprint density at radius 3 is 2.61 bits per heavy atom. The second kappa shape index (κ2) is 9.77. The highest BCUT2D eigenvalue weighted by Crippen LogP contribution is 2.33. The maximum atomic E-state index is 12.7. The Morgan fingerprint density at radius 1 is 1.16 bits per heavy atom. The summed E-state index contributed by atoms with van der Waals surface area (Å²) in [6.45, 7) is 4.06. The quantitative estimate of drug-likeness (QED) is 0.616. The molecule has 1 aromatic carbocycles. The summed E-state index contributed by atoms with van der Waals surface area (Å²) >= 11 is 5.71. The molecule has 2 aliphatic heterocycles. The van der Waals surface area contributed by atoms with Crippen LogP contribution in [0.2, 0.25) is 0 Å². The van der Waals surface area contributed by atoms with Gasteiger partial charge in [0, 0.05) is 49.1 Å². The number of aromatic nitrogens is 2. The molecule has 0 radical (unpaired) electrons. The molecule has 0 N–H and O–H groups in total. The molecule has 2 amide bonds. The molecular weight excluding hydrogens is 412 g/mol. The Morgan fingerprint density at radius 2 is 1.90 bits per heavy atom. The summed E-state index contributed by atoms with van der Waals surface area (Å²) < 4.78 is 0. The number of alkyl halides is 1. The number of nitrogens with zero attached hydrogens (tertiary/aromatic N) is 4. The number of anilines is 1. The van der Waals surface area contributed by atoms with Crippen LogP contribution in [-0.2, 0) is 22.4 Å². The molecule has 3 heterocycles. The second-order valence-corrected chi connectivity index (χ2v) is 8.75. The molecule has 1 fully saturated rings. The van der Waals surface area contributed by atoms with Crippen LogP contribution in [0.5, 0.6) is 0 Å². The summed E-state index contributed by atoms with van der Waals surface area (Å²) in [5.74, 6) is 2.41.